The molecule has 0 radical (unpaired) electrons. The van der Waals surface area contributed by atoms with Crippen molar-refractivity contribution in [2.45, 2.75) is 0 Å². The van der Waals surface area contributed by atoms with E-state index in [1.165, 1.54) is 43.8 Å². The maximum Gasteiger partial charge on any atom is 0.229 e. The van der Waals surface area contributed by atoms with E-state index in [-0.39, 0.29) is 0 Å². The van der Waals surface area contributed by atoms with Gasteiger partial charge >= 0.3 is 0 Å². The van der Waals surface area contributed by atoms with Gasteiger partial charge in [0.2, 0.25) is 5.71 Å². The molecule has 0 unspecified atom stereocenters. The molecular formula is C43H28N2O. The summed E-state index contributed by atoms with van der Waals surface area (Å²) in [4.78, 5) is 6.93. The Hall–Kier alpha value is -6.19. The highest BCUT2D eigenvalue weighted by atomic mass is 16.3. The minimum absolute atomic E-state index is 0.629. The Balaban J connectivity index is 1.22. The number of pyridine rings is 1. The molecule has 0 amide bonds. The second-order valence-electron chi connectivity index (χ2n) is 11.6. The van der Waals surface area contributed by atoms with Crippen LogP contribution >= 0.6 is 0 Å². The molecule has 3 heteroatoms. The van der Waals surface area contributed by atoms with Crippen molar-refractivity contribution in [2.24, 2.45) is 0 Å². The summed E-state index contributed by atoms with van der Waals surface area (Å²) >= 11 is 0. The van der Waals surface area contributed by atoms with Crippen LogP contribution in [-0.2, 0) is 0 Å². The van der Waals surface area contributed by atoms with Crippen molar-refractivity contribution in [3.8, 4) is 22.3 Å². The van der Waals surface area contributed by atoms with Crippen molar-refractivity contribution < 1.29 is 4.42 Å². The third-order valence-electron chi connectivity index (χ3n) is 8.94. The van der Waals surface area contributed by atoms with E-state index >= 15 is 0 Å². The first-order valence-electron chi connectivity index (χ1n) is 15.5. The number of para-hydroxylation sites is 1. The molecular weight excluding hydrogens is 560 g/mol. The first kappa shape index (κ1) is 26.2. The zero-order chi connectivity index (χ0) is 30.5. The molecule has 9 aromatic rings. The summed E-state index contributed by atoms with van der Waals surface area (Å²) < 4.78 is 6.21. The van der Waals surface area contributed by atoms with E-state index in [9.17, 15) is 0 Å². The minimum atomic E-state index is 0.629. The highest BCUT2D eigenvalue weighted by molar-refractivity contribution is 6.14. The Labute approximate surface area is 266 Å². The van der Waals surface area contributed by atoms with Gasteiger partial charge in [-0.2, -0.15) is 0 Å². The quantitative estimate of drug-likeness (QED) is 0.187. The third-order valence-corrected chi connectivity index (χ3v) is 8.94. The maximum atomic E-state index is 6.21. The summed E-state index contributed by atoms with van der Waals surface area (Å²) in [6, 6.07) is 58.1. The van der Waals surface area contributed by atoms with E-state index in [2.05, 4.69) is 155 Å². The zero-order valence-electron chi connectivity index (χ0n) is 25.0. The standard InChI is InChI=1S/C43H28N2O/c1-2-10-29(11-3-1)30-18-22-33(23-19-30)45(40-26-27-44-43-42(40)38-16-8-9-17-41(38)46-43)34-24-20-31(21-25-34)39-28-32-12-4-5-13-35(32)36-14-6-7-15-37(36)39/h1-28H. The molecule has 7 aromatic carbocycles. The number of nitrogens with zero attached hydrogens (tertiary/aromatic N) is 2. The Morgan fingerprint density at radius 1 is 0.457 bits per heavy atom. The summed E-state index contributed by atoms with van der Waals surface area (Å²) in [7, 11) is 0. The van der Waals surface area contributed by atoms with E-state index < -0.39 is 0 Å². The molecule has 46 heavy (non-hydrogen) atoms. The van der Waals surface area contributed by atoms with Crippen LogP contribution in [0.5, 0.6) is 0 Å². The fourth-order valence-corrected chi connectivity index (χ4v) is 6.76. The van der Waals surface area contributed by atoms with Gasteiger partial charge in [0.15, 0.2) is 0 Å². The largest absolute Gasteiger partial charge is 0.438 e. The van der Waals surface area contributed by atoms with Crippen molar-refractivity contribution in [1.29, 1.82) is 0 Å². The Bertz CT molecular complexity index is 2510. The smallest absolute Gasteiger partial charge is 0.229 e. The number of anilines is 3. The van der Waals surface area contributed by atoms with Crippen molar-refractivity contribution in [3.63, 3.8) is 0 Å². The molecule has 0 aliphatic carbocycles. The van der Waals surface area contributed by atoms with Gasteiger partial charge in [0, 0.05) is 23.0 Å². The van der Waals surface area contributed by atoms with Gasteiger partial charge in [0.25, 0.3) is 0 Å². The second kappa shape index (κ2) is 10.8. The molecule has 0 N–H and O–H groups in total. The molecule has 0 aliphatic rings. The van der Waals surface area contributed by atoms with Crippen LogP contribution in [0.3, 0.4) is 0 Å². The maximum absolute atomic E-state index is 6.21. The van der Waals surface area contributed by atoms with E-state index in [1.54, 1.807) is 0 Å². The van der Waals surface area contributed by atoms with Crippen LogP contribution in [0.25, 0.3) is 65.9 Å². The molecule has 216 valence electrons. The average Bonchev–Trinajstić information content (AvgIpc) is 3.52. The van der Waals surface area contributed by atoms with E-state index in [1.807, 2.05) is 24.4 Å². The highest BCUT2D eigenvalue weighted by Gasteiger charge is 2.20. The Morgan fingerprint density at radius 3 is 1.80 bits per heavy atom. The van der Waals surface area contributed by atoms with E-state index in [0.29, 0.717) is 5.71 Å². The monoisotopic (exact) mass is 588 g/mol. The third kappa shape index (κ3) is 4.33. The summed E-state index contributed by atoms with van der Waals surface area (Å²) in [5.41, 5.74) is 9.37. The van der Waals surface area contributed by atoms with Crippen molar-refractivity contribution >= 4 is 60.7 Å². The van der Waals surface area contributed by atoms with Crippen molar-refractivity contribution in [2.75, 3.05) is 4.90 Å². The lowest BCUT2D eigenvalue weighted by Gasteiger charge is -2.26. The lowest BCUT2D eigenvalue weighted by molar-refractivity contribution is 0.654. The van der Waals surface area contributed by atoms with Gasteiger partial charge in [-0.05, 0) is 86.3 Å². The molecule has 0 fully saturated rings. The Morgan fingerprint density at radius 2 is 1.04 bits per heavy atom. The van der Waals surface area contributed by atoms with Gasteiger partial charge in [-0.15, -0.1) is 0 Å². The molecule has 9 rings (SSSR count). The predicted octanol–water partition coefficient (Wildman–Crippen LogP) is 12.1. The van der Waals surface area contributed by atoms with Crippen LogP contribution in [0, 0.1) is 0 Å². The first-order valence-corrected chi connectivity index (χ1v) is 15.5. The van der Waals surface area contributed by atoms with Crippen molar-refractivity contribution in [1.82, 2.24) is 4.98 Å². The molecule has 0 spiro atoms. The average molecular weight is 589 g/mol. The van der Waals surface area contributed by atoms with Crippen LogP contribution in [0.2, 0.25) is 0 Å². The van der Waals surface area contributed by atoms with Crippen LogP contribution < -0.4 is 4.90 Å². The van der Waals surface area contributed by atoms with Gasteiger partial charge in [-0.1, -0.05) is 121 Å². The normalized spacial score (nSPS) is 11.5. The van der Waals surface area contributed by atoms with Gasteiger partial charge in [0.05, 0.1) is 11.1 Å². The van der Waals surface area contributed by atoms with Crippen LogP contribution in [-0.4, -0.2) is 4.98 Å². The van der Waals surface area contributed by atoms with Crippen molar-refractivity contribution in [3.05, 3.63) is 170 Å². The number of fused-ring (bicyclic) bond motifs is 6. The topological polar surface area (TPSA) is 29.3 Å². The summed E-state index contributed by atoms with van der Waals surface area (Å²) in [6.07, 6.45) is 1.83. The molecule has 0 aliphatic heterocycles. The molecule has 0 atom stereocenters. The van der Waals surface area contributed by atoms with Crippen LogP contribution in [0.15, 0.2) is 174 Å². The van der Waals surface area contributed by atoms with Gasteiger partial charge in [-0.3, -0.25) is 0 Å². The number of benzene rings is 7. The lowest BCUT2D eigenvalue weighted by Crippen LogP contribution is -2.10. The number of hydrogen-bond donors (Lipinski definition) is 0. The van der Waals surface area contributed by atoms with E-state index in [4.69, 9.17) is 4.42 Å². The molecule has 3 nitrogen and oxygen atoms in total. The fourth-order valence-electron chi connectivity index (χ4n) is 6.76. The van der Waals surface area contributed by atoms with Gasteiger partial charge < -0.3 is 9.32 Å². The Kier molecular flexibility index (Phi) is 6.14. The van der Waals surface area contributed by atoms with Gasteiger partial charge in [0.1, 0.15) is 5.58 Å². The molecule has 0 saturated heterocycles. The number of aromatic nitrogens is 1. The SMILES string of the molecule is c1ccc(-c2ccc(N(c3ccc(-c4cc5ccccc5c5ccccc45)cc3)c3ccnc4oc5ccccc5c34)cc2)cc1. The summed E-state index contributed by atoms with van der Waals surface area (Å²) in [5, 5.41) is 7.08. The number of furan rings is 1. The van der Waals surface area contributed by atoms with Gasteiger partial charge in [-0.25, -0.2) is 4.98 Å². The lowest BCUT2D eigenvalue weighted by atomic mass is 9.93. The fraction of sp³-hybridized carbons (Fsp3) is 0. The van der Waals surface area contributed by atoms with Crippen LogP contribution in [0.1, 0.15) is 0 Å². The number of hydrogen-bond acceptors (Lipinski definition) is 3. The molecule has 2 aromatic heterocycles. The zero-order valence-corrected chi connectivity index (χ0v) is 25.0. The molecule has 2 heterocycles. The second-order valence-corrected chi connectivity index (χ2v) is 11.6. The minimum Gasteiger partial charge on any atom is -0.438 e. The summed E-state index contributed by atoms with van der Waals surface area (Å²) in [6.45, 7) is 0. The summed E-state index contributed by atoms with van der Waals surface area (Å²) in [5.74, 6) is 0. The predicted molar refractivity (Wildman–Crippen MR) is 192 cm³/mol. The first-order chi connectivity index (χ1) is 22.8. The highest BCUT2D eigenvalue weighted by Crippen LogP contribution is 2.43. The molecule has 0 saturated carbocycles. The molecule has 0 bridgehead atoms. The number of rotatable bonds is 5. The van der Waals surface area contributed by atoms with E-state index in [0.717, 1.165) is 33.4 Å². The van der Waals surface area contributed by atoms with Crippen LogP contribution in [0.4, 0.5) is 17.1 Å².